The van der Waals surface area contributed by atoms with Crippen molar-refractivity contribution < 1.29 is 28.6 Å². The molecule has 1 unspecified atom stereocenters. The number of hydrogen-bond donors (Lipinski definition) is 1. The van der Waals surface area contributed by atoms with Gasteiger partial charge in [-0.1, -0.05) is 18.7 Å². The van der Waals surface area contributed by atoms with Crippen molar-refractivity contribution in [3.05, 3.63) is 53.4 Å². The van der Waals surface area contributed by atoms with Crippen LogP contribution >= 0.6 is 0 Å². The third kappa shape index (κ3) is 2.55. The molecule has 2 heterocycles. The van der Waals surface area contributed by atoms with Crippen LogP contribution in [0.5, 0.6) is 0 Å². The average molecular weight is 415 g/mol. The number of aliphatic hydroxyl groups is 1. The minimum absolute atomic E-state index is 0.114. The minimum Gasteiger partial charge on any atom is -0.414 e. The average Bonchev–Trinajstić information content (AvgIpc) is 2.79. The van der Waals surface area contributed by atoms with Crippen LogP contribution in [0.1, 0.15) is 43.4 Å². The number of fused-ring (bicyclic) bond motifs is 2. The van der Waals surface area contributed by atoms with Gasteiger partial charge in [0, 0.05) is 17.7 Å². The van der Waals surface area contributed by atoms with E-state index in [1.165, 1.54) is 18.2 Å². The lowest BCUT2D eigenvalue weighted by Gasteiger charge is -2.50. The normalized spacial score (nSPS) is 28.0. The first-order valence-electron chi connectivity index (χ1n) is 10.1. The number of benzene rings is 1. The van der Waals surface area contributed by atoms with Gasteiger partial charge in [-0.2, -0.15) is 0 Å². The number of hydrogen-bond acceptors (Lipinski definition) is 6. The van der Waals surface area contributed by atoms with Gasteiger partial charge in [-0.05, 0) is 64.4 Å². The summed E-state index contributed by atoms with van der Waals surface area (Å²) in [5.41, 5.74) is -2.32. The van der Waals surface area contributed by atoms with Crippen LogP contribution in [0.25, 0.3) is 6.08 Å². The standard InChI is InChI=1S/C23H26FNO5/c1-5-14-6-7-16(24)20-19(14)22(28,15-10-12-25(4)13-11-15)21(2,3)23(20)29-17(26)8-9-18(27)30-23/h5-9,15,28H,1,10-13H2,2-4H3. The summed E-state index contributed by atoms with van der Waals surface area (Å²) in [6.07, 6.45) is 4.74. The lowest BCUT2D eigenvalue weighted by molar-refractivity contribution is -0.302. The van der Waals surface area contributed by atoms with Gasteiger partial charge >= 0.3 is 11.9 Å². The Morgan fingerprint density at radius 3 is 2.23 bits per heavy atom. The molecule has 160 valence electrons. The smallest absolute Gasteiger partial charge is 0.334 e. The molecule has 4 rings (SSSR count). The van der Waals surface area contributed by atoms with Crippen LogP contribution in [0, 0.1) is 17.2 Å². The number of nitrogens with zero attached hydrogens (tertiary/aromatic N) is 1. The second-order valence-electron chi connectivity index (χ2n) is 8.85. The van der Waals surface area contributed by atoms with Crippen molar-refractivity contribution in [3.8, 4) is 0 Å². The van der Waals surface area contributed by atoms with E-state index in [4.69, 9.17) is 9.47 Å². The zero-order valence-corrected chi connectivity index (χ0v) is 17.4. The van der Waals surface area contributed by atoms with Crippen LogP contribution in [0.4, 0.5) is 4.39 Å². The van der Waals surface area contributed by atoms with Crippen molar-refractivity contribution in [2.45, 2.75) is 38.1 Å². The predicted octanol–water partition coefficient (Wildman–Crippen LogP) is 2.85. The number of halogens is 1. The van der Waals surface area contributed by atoms with Crippen LogP contribution in [0.2, 0.25) is 0 Å². The van der Waals surface area contributed by atoms with Gasteiger partial charge in [-0.3, -0.25) is 0 Å². The summed E-state index contributed by atoms with van der Waals surface area (Å²) in [7, 11) is 2.00. The Labute approximate surface area is 175 Å². The molecule has 1 aromatic carbocycles. The lowest BCUT2D eigenvalue weighted by Crippen LogP contribution is -2.57. The fourth-order valence-corrected chi connectivity index (χ4v) is 5.38. The van der Waals surface area contributed by atoms with Gasteiger partial charge < -0.3 is 19.5 Å². The molecule has 1 aromatic rings. The van der Waals surface area contributed by atoms with E-state index in [1.807, 2.05) is 7.05 Å². The third-order valence-corrected chi connectivity index (χ3v) is 7.05. The molecular weight excluding hydrogens is 389 g/mol. The number of carbonyl (C=O) groups excluding carboxylic acids is 2. The highest BCUT2D eigenvalue weighted by atomic mass is 19.1. The molecule has 1 saturated heterocycles. The van der Waals surface area contributed by atoms with Gasteiger partial charge in [0.1, 0.15) is 11.4 Å². The summed E-state index contributed by atoms with van der Waals surface area (Å²) in [4.78, 5) is 27.0. The maximum atomic E-state index is 15.4. The van der Waals surface area contributed by atoms with E-state index < -0.39 is 34.6 Å². The molecule has 1 N–H and O–H groups in total. The maximum absolute atomic E-state index is 15.4. The summed E-state index contributed by atoms with van der Waals surface area (Å²) in [5.74, 6) is -4.76. The highest BCUT2D eigenvalue weighted by Crippen LogP contribution is 2.67. The molecule has 1 spiro atoms. The van der Waals surface area contributed by atoms with Crippen LogP contribution in [0.3, 0.4) is 0 Å². The molecule has 0 amide bonds. The van der Waals surface area contributed by atoms with Gasteiger partial charge in [0.15, 0.2) is 0 Å². The second kappa shape index (κ2) is 6.75. The number of esters is 2. The van der Waals surface area contributed by atoms with E-state index in [9.17, 15) is 14.7 Å². The summed E-state index contributed by atoms with van der Waals surface area (Å²) < 4.78 is 26.7. The Morgan fingerprint density at radius 2 is 1.70 bits per heavy atom. The van der Waals surface area contributed by atoms with E-state index in [0.29, 0.717) is 18.4 Å². The first-order valence-corrected chi connectivity index (χ1v) is 10.1. The van der Waals surface area contributed by atoms with Gasteiger partial charge in [0.2, 0.25) is 0 Å². The van der Waals surface area contributed by atoms with Gasteiger partial charge in [0.05, 0.1) is 11.0 Å². The van der Waals surface area contributed by atoms with Gasteiger partial charge in [-0.25, -0.2) is 14.0 Å². The van der Waals surface area contributed by atoms with Crippen molar-refractivity contribution in [2.75, 3.05) is 20.1 Å². The molecule has 2 aliphatic heterocycles. The van der Waals surface area contributed by atoms with Gasteiger partial charge in [-0.15, -0.1) is 0 Å². The molecule has 30 heavy (non-hydrogen) atoms. The molecule has 3 aliphatic rings. The fourth-order valence-electron chi connectivity index (χ4n) is 5.38. The van der Waals surface area contributed by atoms with Crippen molar-refractivity contribution >= 4 is 18.0 Å². The van der Waals surface area contributed by atoms with Crippen molar-refractivity contribution in [1.29, 1.82) is 0 Å². The Hall–Kier alpha value is -2.51. The van der Waals surface area contributed by atoms with E-state index in [-0.39, 0.29) is 17.0 Å². The Kier molecular flexibility index (Phi) is 4.67. The Bertz CT molecular complexity index is 941. The zero-order chi connectivity index (χ0) is 21.9. The first kappa shape index (κ1) is 20.8. The SMILES string of the molecule is C=Cc1ccc(F)c2c1C(O)(C1CCN(C)CC1)C(C)(C)C21OC(=O)C=CC(=O)O1. The predicted molar refractivity (Wildman–Crippen MR) is 107 cm³/mol. The molecule has 1 fully saturated rings. The van der Waals surface area contributed by atoms with Crippen molar-refractivity contribution in [1.82, 2.24) is 4.90 Å². The highest BCUT2D eigenvalue weighted by Gasteiger charge is 2.74. The molecule has 0 bridgehead atoms. The summed E-state index contributed by atoms with van der Waals surface area (Å²) in [5, 5.41) is 12.4. The third-order valence-electron chi connectivity index (χ3n) is 7.05. The maximum Gasteiger partial charge on any atom is 0.334 e. The summed E-state index contributed by atoms with van der Waals surface area (Å²) in [6, 6.07) is 2.75. The summed E-state index contributed by atoms with van der Waals surface area (Å²) >= 11 is 0. The molecule has 0 radical (unpaired) electrons. The molecule has 0 aromatic heterocycles. The van der Waals surface area contributed by atoms with Crippen molar-refractivity contribution in [2.24, 2.45) is 11.3 Å². The van der Waals surface area contributed by atoms with Crippen LogP contribution < -0.4 is 0 Å². The highest BCUT2D eigenvalue weighted by molar-refractivity contribution is 5.93. The summed E-state index contributed by atoms with van der Waals surface area (Å²) in [6.45, 7) is 8.64. The number of rotatable bonds is 2. The Balaban J connectivity index is 2.04. The number of likely N-dealkylation sites (tertiary alicyclic amines) is 1. The van der Waals surface area contributed by atoms with Gasteiger partial charge in [0.25, 0.3) is 5.79 Å². The lowest BCUT2D eigenvalue weighted by atomic mass is 9.63. The fraction of sp³-hybridized carbons (Fsp3) is 0.478. The second-order valence-corrected chi connectivity index (χ2v) is 8.85. The van der Waals surface area contributed by atoms with Crippen LogP contribution in [-0.2, 0) is 30.5 Å². The first-order chi connectivity index (χ1) is 14.1. The quantitative estimate of drug-likeness (QED) is 0.749. The molecule has 0 saturated carbocycles. The topological polar surface area (TPSA) is 76.1 Å². The molecule has 6 nitrogen and oxygen atoms in total. The van der Waals surface area contributed by atoms with E-state index >= 15 is 4.39 Å². The van der Waals surface area contributed by atoms with E-state index in [2.05, 4.69) is 11.5 Å². The van der Waals surface area contributed by atoms with E-state index in [1.54, 1.807) is 13.8 Å². The number of ether oxygens (including phenoxy) is 2. The number of carbonyl (C=O) groups is 2. The van der Waals surface area contributed by atoms with Crippen molar-refractivity contribution in [3.63, 3.8) is 0 Å². The molecular formula is C23H26FNO5. The molecule has 7 heteroatoms. The van der Waals surface area contributed by atoms with Crippen LogP contribution in [0.15, 0.2) is 30.9 Å². The zero-order valence-electron chi connectivity index (χ0n) is 17.4. The molecule has 1 atom stereocenters. The van der Waals surface area contributed by atoms with Crippen LogP contribution in [-0.4, -0.2) is 42.1 Å². The monoisotopic (exact) mass is 415 g/mol. The largest absolute Gasteiger partial charge is 0.414 e. The number of piperidine rings is 1. The molecule has 1 aliphatic carbocycles. The van der Waals surface area contributed by atoms with E-state index in [0.717, 1.165) is 25.2 Å². The Morgan fingerprint density at radius 1 is 1.13 bits per heavy atom. The minimum atomic E-state index is -2.11.